The lowest BCUT2D eigenvalue weighted by Gasteiger charge is -2.26. The Hall–Kier alpha value is -3.26. The van der Waals surface area contributed by atoms with Gasteiger partial charge in [0.1, 0.15) is 17.5 Å². The Morgan fingerprint density at radius 3 is 2.37 bits per heavy atom. The van der Waals surface area contributed by atoms with Crippen molar-refractivity contribution in [2.24, 2.45) is 0 Å². The molecule has 0 amide bonds. The van der Waals surface area contributed by atoms with E-state index < -0.39 is 16.7 Å². The van der Waals surface area contributed by atoms with Crippen molar-refractivity contribution in [3.63, 3.8) is 0 Å². The average Bonchev–Trinajstić information content (AvgIpc) is 3.22. The molecule has 35 heavy (non-hydrogen) atoms. The van der Waals surface area contributed by atoms with E-state index in [9.17, 15) is 14.4 Å². The van der Waals surface area contributed by atoms with E-state index in [0.717, 1.165) is 5.56 Å². The molecule has 4 rings (SSSR count). The smallest absolute Gasteiger partial charge is 0.337 e. The van der Waals surface area contributed by atoms with E-state index in [-0.39, 0.29) is 24.4 Å². The second kappa shape index (κ2) is 10.2. The number of nitrogens with zero attached hydrogens (tertiary/aromatic N) is 5. The first-order chi connectivity index (χ1) is 16.8. The Bertz CT molecular complexity index is 1370. The SMILES string of the molecule is CCCn1c(=O)c2c(nc(C(C)(C)C)n2Cc2ccccc2)n(C(=C=O)CN2CCOCC2)c1=O. The van der Waals surface area contributed by atoms with Crippen molar-refractivity contribution in [1.29, 1.82) is 0 Å². The molecule has 3 aromatic rings. The van der Waals surface area contributed by atoms with E-state index in [1.165, 1.54) is 9.13 Å². The summed E-state index contributed by atoms with van der Waals surface area (Å²) in [5, 5.41) is 0. The van der Waals surface area contributed by atoms with Gasteiger partial charge in [0, 0.05) is 31.6 Å². The first kappa shape index (κ1) is 24.9. The van der Waals surface area contributed by atoms with Gasteiger partial charge in [-0.25, -0.2) is 19.1 Å². The maximum absolute atomic E-state index is 13.7. The number of fused-ring (bicyclic) bond motifs is 1. The Morgan fingerprint density at radius 1 is 1.09 bits per heavy atom. The number of carbonyl (C=O) groups excluding carboxylic acids is 1. The van der Waals surface area contributed by atoms with Crippen LogP contribution in [0.5, 0.6) is 0 Å². The van der Waals surface area contributed by atoms with E-state index in [1.54, 1.807) is 0 Å². The van der Waals surface area contributed by atoms with Crippen molar-refractivity contribution in [2.45, 2.75) is 52.6 Å². The van der Waals surface area contributed by atoms with Gasteiger partial charge in [0.15, 0.2) is 11.2 Å². The molecular formula is C26H33N5O4. The monoisotopic (exact) mass is 479 g/mol. The van der Waals surface area contributed by atoms with Crippen LogP contribution >= 0.6 is 0 Å². The van der Waals surface area contributed by atoms with E-state index in [1.807, 2.05) is 73.4 Å². The van der Waals surface area contributed by atoms with Crippen molar-refractivity contribution in [3.05, 3.63) is 62.6 Å². The van der Waals surface area contributed by atoms with Crippen molar-refractivity contribution < 1.29 is 9.53 Å². The number of hydrogen-bond acceptors (Lipinski definition) is 6. The molecule has 2 aromatic heterocycles. The molecule has 1 aliphatic rings. The minimum absolute atomic E-state index is 0.150. The number of benzene rings is 1. The summed E-state index contributed by atoms with van der Waals surface area (Å²) in [7, 11) is 0. The fourth-order valence-electron chi connectivity index (χ4n) is 4.51. The molecule has 0 spiro atoms. The van der Waals surface area contributed by atoms with Gasteiger partial charge in [-0.05, 0) is 12.0 Å². The van der Waals surface area contributed by atoms with Crippen LogP contribution in [0, 0.1) is 0 Å². The third-order valence-corrected chi connectivity index (χ3v) is 6.20. The van der Waals surface area contributed by atoms with Crippen LogP contribution in [0.15, 0.2) is 39.9 Å². The standard InChI is InChI=1S/C26H33N5O4/c1-5-11-29-23(33)21-22(31(25(29)34)20(18-32)17-28-12-14-35-15-13-28)27-24(26(2,3)4)30(21)16-19-9-7-6-8-10-19/h6-10H,5,11-17H2,1-4H3. The molecule has 1 aromatic carbocycles. The zero-order valence-corrected chi connectivity index (χ0v) is 20.9. The average molecular weight is 480 g/mol. The van der Waals surface area contributed by atoms with Crippen molar-refractivity contribution in [3.8, 4) is 0 Å². The largest absolute Gasteiger partial charge is 0.379 e. The van der Waals surface area contributed by atoms with Gasteiger partial charge in [0.2, 0.25) is 0 Å². The summed E-state index contributed by atoms with van der Waals surface area (Å²) < 4.78 is 9.82. The van der Waals surface area contributed by atoms with Crippen LogP contribution in [-0.2, 0) is 28.0 Å². The molecular weight excluding hydrogens is 446 g/mol. The summed E-state index contributed by atoms with van der Waals surface area (Å²) in [6.07, 6.45) is 0.600. The summed E-state index contributed by atoms with van der Waals surface area (Å²) in [6, 6.07) is 9.83. The first-order valence-corrected chi connectivity index (χ1v) is 12.1. The highest BCUT2D eigenvalue weighted by Gasteiger charge is 2.29. The minimum atomic E-state index is -0.555. The first-order valence-electron chi connectivity index (χ1n) is 12.1. The van der Waals surface area contributed by atoms with Gasteiger partial charge in [-0.3, -0.25) is 14.3 Å². The molecule has 0 atom stereocenters. The molecule has 0 radical (unpaired) electrons. The fraction of sp³-hybridized carbons (Fsp3) is 0.500. The second-order valence-corrected chi connectivity index (χ2v) is 9.94. The van der Waals surface area contributed by atoms with Gasteiger partial charge >= 0.3 is 5.69 Å². The quantitative estimate of drug-likeness (QED) is 0.482. The van der Waals surface area contributed by atoms with Crippen LogP contribution in [0.1, 0.15) is 45.5 Å². The van der Waals surface area contributed by atoms with Gasteiger partial charge in [0.05, 0.1) is 19.8 Å². The molecule has 3 heterocycles. The van der Waals surface area contributed by atoms with Crippen LogP contribution in [0.3, 0.4) is 0 Å². The molecule has 1 aliphatic heterocycles. The summed E-state index contributed by atoms with van der Waals surface area (Å²) in [5.74, 6) is 2.66. The minimum Gasteiger partial charge on any atom is -0.379 e. The molecule has 0 N–H and O–H groups in total. The zero-order valence-electron chi connectivity index (χ0n) is 20.9. The van der Waals surface area contributed by atoms with Crippen molar-refractivity contribution in [2.75, 3.05) is 32.8 Å². The Labute approximate surface area is 204 Å². The predicted molar refractivity (Wildman–Crippen MR) is 135 cm³/mol. The van der Waals surface area contributed by atoms with Gasteiger partial charge in [-0.15, -0.1) is 0 Å². The molecule has 0 saturated carbocycles. The lowest BCUT2D eigenvalue weighted by Crippen LogP contribution is -2.43. The highest BCUT2D eigenvalue weighted by molar-refractivity contribution is 5.84. The summed E-state index contributed by atoms with van der Waals surface area (Å²) in [4.78, 5) is 46.4. The van der Waals surface area contributed by atoms with Gasteiger partial charge in [0.25, 0.3) is 5.56 Å². The van der Waals surface area contributed by atoms with Crippen LogP contribution in [0.4, 0.5) is 0 Å². The third kappa shape index (κ3) is 4.93. The number of rotatable bonds is 7. The van der Waals surface area contributed by atoms with E-state index in [0.29, 0.717) is 50.6 Å². The van der Waals surface area contributed by atoms with E-state index in [4.69, 9.17) is 9.72 Å². The predicted octanol–water partition coefficient (Wildman–Crippen LogP) is 2.12. The normalized spacial score (nSPS) is 14.9. The number of hydrogen-bond donors (Lipinski definition) is 0. The van der Waals surface area contributed by atoms with Crippen LogP contribution in [-0.4, -0.2) is 62.4 Å². The summed E-state index contributed by atoms with van der Waals surface area (Å²) >= 11 is 0. The van der Waals surface area contributed by atoms with Gasteiger partial charge < -0.3 is 9.30 Å². The molecule has 9 heteroatoms. The summed E-state index contributed by atoms with van der Waals surface area (Å²) in [5.41, 5.74) is 0.333. The molecule has 0 aliphatic carbocycles. The van der Waals surface area contributed by atoms with Crippen molar-refractivity contribution >= 4 is 22.8 Å². The molecule has 186 valence electrons. The topological polar surface area (TPSA) is 91.4 Å². The molecule has 1 fully saturated rings. The number of imidazole rings is 1. The van der Waals surface area contributed by atoms with Gasteiger partial charge in [-0.1, -0.05) is 58.0 Å². The van der Waals surface area contributed by atoms with Gasteiger partial charge in [-0.2, -0.15) is 0 Å². The highest BCUT2D eigenvalue weighted by atomic mass is 16.5. The maximum Gasteiger partial charge on any atom is 0.337 e. The third-order valence-electron chi connectivity index (χ3n) is 6.20. The molecule has 0 unspecified atom stereocenters. The number of aromatic nitrogens is 4. The van der Waals surface area contributed by atoms with Crippen LogP contribution in [0.25, 0.3) is 16.9 Å². The molecule has 9 nitrogen and oxygen atoms in total. The van der Waals surface area contributed by atoms with Crippen LogP contribution < -0.4 is 11.2 Å². The lowest BCUT2D eigenvalue weighted by molar-refractivity contribution is 0.0440. The Kier molecular flexibility index (Phi) is 7.21. The molecule has 0 bridgehead atoms. The Balaban J connectivity index is 2.01. The van der Waals surface area contributed by atoms with Crippen LogP contribution in [0.2, 0.25) is 0 Å². The number of morpholine rings is 1. The van der Waals surface area contributed by atoms with E-state index >= 15 is 0 Å². The Morgan fingerprint density at radius 2 is 1.77 bits per heavy atom. The highest BCUT2D eigenvalue weighted by Crippen LogP contribution is 2.26. The fourth-order valence-corrected chi connectivity index (χ4v) is 4.51. The summed E-state index contributed by atoms with van der Waals surface area (Å²) in [6.45, 7) is 11.3. The molecule has 1 saturated heterocycles. The second-order valence-electron chi connectivity index (χ2n) is 9.94. The lowest BCUT2D eigenvalue weighted by atomic mass is 9.95. The number of ether oxygens (including phenoxy) is 1. The van der Waals surface area contributed by atoms with Crippen molar-refractivity contribution in [1.82, 2.24) is 23.6 Å². The van der Waals surface area contributed by atoms with E-state index in [2.05, 4.69) is 0 Å². The maximum atomic E-state index is 13.7. The zero-order chi connectivity index (χ0) is 25.2.